The van der Waals surface area contributed by atoms with Crippen molar-refractivity contribution in [2.75, 3.05) is 19.6 Å². The van der Waals surface area contributed by atoms with Gasteiger partial charge in [-0.1, -0.05) is 97.1 Å². The summed E-state index contributed by atoms with van der Waals surface area (Å²) < 4.78 is 0.850. The summed E-state index contributed by atoms with van der Waals surface area (Å²) in [5.74, 6) is 1.85. The van der Waals surface area contributed by atoms with Crippen molar-refractivity contribution in [1.82, 2.24) is 14.9 Å². The number of para-hydroxylation sites is 2. The van der Waals surface area contributed by atoms with E-state index in [9.17, 15) is 10.2 Å². The number of aromatic nitrogens is 2. The molecule has 7 aromatic rings. The molecule has 0 radical (unpaired) electrons. The molecule has 6 nitrogen and oxygen atoms in total. The van der Waals surface area contributed by atoms with Gasteiger partial charge in [0.05, 0.1) is 30.2 Å². The molecule has 6 heteroatoms. The molecule has 0 saturated carbocycles. The van der Waals surface area contributed by atoms with Crippen LogP contribution in [0, 0.1) is 23.7 Å². The van der Waals surface area contributed by atoms with Gasteiger partial charge in [0.1, 0.15) is 18.7 Å². The minimum Gasteiger partial charge on any atom is -0.387 e. The molecule has 8 heterocycles. The molecule has 6 saturated heterocycles. The number of aliphatic hydroxyl groups excluding tert-OH is 2. The quantitative estimate of drug-likeness (QED) is 0.0820. The van der Waals surface area contributed by atoms with Crippen LogP contribution in [0.3, 0.4) is 0 Å². The average Bonchev–Trinajstić information content (AvgIpc) is 3.31. The Hall–Kier alpha value is -5.24. The fourth-order valence-electron chi connectivity index (χ4n) is 12.9. The van der Waals surface area contributed by atoms with Gasteiger partial charge in [-0.25, -0.2) is 0 Å². The number of benzene rings is 5. The lowest BCUT2D eigenvalue weighted by atomic mass is 9.69. The van der Waals surface area contributed by atoms with Crippen molar-refractivity contribution in [3.63, 3.8) is 0 Å². The van der Waals surface area contributed by atoms with Gasteiger partial charge >= 0.3 is 0 Å². The molecule has 5 aromatic carbocycles. The number of hydrogen-bond acceptors (Lipinski definition) is 5. The Balaban J connectivity index is 0.991. The van der Waals surface area contributed by atoms with E-state index in [0.29, 0.717) is 23.7 Å². The van der Waals surface area contributed by atoms with Gasteiger partial charge in [-0.3, -0.25) is 14.9 Å². The summed E-state index contributed by atoms with van der Waals surface area (Å²) in [5, 5.41) is 32.3. The van der Waals surface area contributed by atoms with Crippen LogP contribution in [-0.4, -0.2) is 67.3 Å². The molecule has 4 bridgehead atoms. The number of quaternary nitrogens is 1. The van der Waals surface area contributed by atoms with Crippen molar-refractivity contribution < 1.29 is 14.7 Å². The van der Waals surface area contributed by atoms with Gasteiger partial charge in [-0.15, -0.1) is 13.2 Å². The zero-order valence-electron chi connectivity index (χ0n) is 34.4. The van der Waals surface area contributed by atoms with Crippen LogP contribution in [0.4, 0.5) is 0 Å². The second-order valence-electron chi connectivity index (χ2n) is 18.6. The molecule has 6 aliphatic heterocycles. The van der Waals surface area contributed by atoms with Gasteiger partial charge in [0.25, 0.3) is 0 Å². The maximum Gasteiger partial charge on any atom is 0.131 e. The monoisotopic (exact) mass is 791 g/mol. The number of aliphatic hydroxyl groups is 2. The Morgan fingerprint density at radius 1 is 0.633 bits per heavy atom. The predicted molar refractivity (Wildman–Crippen MR) is 243 cm³/mol. The van der Waals surface area contributed by atoms with E-state index < -0.39 is 12.2 Å². The SMILES string of the molecule is C=CC1C[N@@]2C(Cc3c4ccccc4c(C[N+]45CCC(C[C@@H]4C(O)c4ccnc6ccccc46)C(C=C)C5)c4ccccc34)CC1C[C@@H]2C(O)c1ccnc2ccccc12. The fourth-order valence-corrected chi connectivity index (χ4v) is 12.9. The Labute approximate surface area is 353 Å². The fraction of sp³-hybridized carbons (Fsp3) is 0.333. The van der Waals surface area contributed by atoms with Crippen LogP contribution in [0.25, 0.3) is 43.4 Å². The molecular weight excluding hydrogens is 737 g/mol. The minimum absolute atomic E-state index is 0.0177. The number of pyridine rings is 2. The molecule has 0 spiro atoms. The predicted octanol–water partition coefficient (Wildman–Crippen LogP) is 10.3. The Kier molecular flexibility index (Phi) is 9.46. The lowest BCUT2D eigenvalue weighted by Crippen LogP contribution is -2.67. The number of piperidine rings is 6. The first-order valence-electron chi connectivity index (χ1n) is 22.3. The van der Waals surface area contributed by atoms with E-state index in [4.69, 9.17) is 0 Å². The Morgan fingerprint density at radius 3 is 1.77 bits per heavy atom. The molecule has 6 fully saturated rings. The van der Waals surface area contributed by atoms with Gasteiger partial charge in [0.15, 0.2) is 0 Å². The topological polar surface area (TPSA) is 69.5 Å². The third-order valence-electron chi connectivity index (χ3n) is 15.8. The van der Waals surface area contributed by atoms with Crippen molar-refractivity contribution in [2.24, 2.45) is 23.7 Å². The smallest absolute Gasteiger partial charge is 0.131 e. The van der Waals surface area contributed by atoms with Gasteiger partial charge in [0.2, 0.25) is 0 Å². The molecule has 13 rings (SSSR count). The molecule has 2 aromatic heterocycles. The van der Waals surface area contributed by atoms with E-state index in [0.717, 1.165) is 95.7 Å². The van der Waals surface area contributed by atoms with Gasteiger partial charge < -0.3 is 14.7 Å². The summed E-state index contributed by atoms with van der Waals surface area (Å²) in [6, 6.07) is 39.1. The van der Waals surface area contributed by atoms with E-state index in [1.807, 2.05) is 48.8 Å². The second kappa shape index (κ2) is 15.0. The highest BCUT2D eigenvalue weighted by Crippen LogP contribution is 2.51. The van der Waals surface area contributed by atoms with Crippen LogP contribution in [0.5, 0.6) is 0 Å². The van der Waals surface area contributed by atoms with Gasteiger partial charge in [-0.05, 0) is 99.5 Å². The van der Waals surface area contributed by atoms with Crippen LogP contribution in [-0.2, 0) is 13.0 Å². The Morgan fingerprint density at radius 2 is 1.18 bits per heavy atom. The third-order valence-corrected chi connectivity index (χ3v) is 15.8. The number of rotatable bonds is 10. The zero-order valence-corrected chi connectivity index (χ0v) is 34.4. The Bertz CT molecular complexity index is 2720. The lowest BCUT2D eigenvalue weighted by Gasteiger charge is -2.58. The summed E-state index contributed by atoms with van der Waals surface area (Å²) >= 11 is 0. The maximum atomic E-state index is 12.6. The molecule has 0 aliphatic carbocycles. The first-order valence-corrected chi connectivity index (χ1v) is 22.3. The highest BCUT2D eigenvalue weighted by atomic mass is 16.3. The van der Waals surface area contributed by atoms with Crippen LogP contribution < -0.4 is 0 Å². The molecule has 302 valence electrons. The van der Waals surface area contributed by atoms with Crippen LogP contribution in [0.15, 0.2) is 147 Å². The minimum atomic E-state index is -0.611. The van der Waals surface area contributed by atoms with Gasteiger partial charge in [0, 0.05) is 66.1 Å². The maximum absolute atomic E-state index is 12.6. The van der Waals surface area contributed by atoms with Crippen LogP contribution in [0.1, 0.15) is 60.1 Å². The number of nitrogens with zero attached hydrogens (tertiary/aromatic N) is 4. The molecule has 0 amide bonds. The molecule has 11 atom stereocenters. The summed E-state index contributed by atoms with van der Waals surface area (Å²) in [7, 11) is 0. The summed E-state index contributed by atoms with van der Waals surface area (Å²) in [6.07, 6.45) is 12.0. The first kappa shape index (κ1) is 37.7. The largest absolute Gasteiger partial charge is 0.387 e. The molecule has 6 aliphatic rings. The lowest BCUT2D eigenvalue weighted by molar-refractivity contribution is -0.984. The third kappa shape index (κ3) is 6.06. The van der Waals surface area contributed by atoms with E-state index in [2.05, 4.69) is 113 Å². The van der Waals surface area contributed by atoms with Crippen molar-refractivity contribution in [2.45, 2.75) is 69.0 Å². The highest BCUT2D eigenvalue weighted by molar-refractivity contribution is 6.05. The van der Waals surface area contributed by atoms with Crippen molar-refractivity contribution in [3.05, 3.63) is 169 Å². The van der Waals surface area contributed by atoms with Gasteiger partial charge in [-0.2, -0.15) is 0 Å². The molecule has 2 N–H and O–H groups in total. The van der Waals surface area contributed by atoms with Crippen molar-refractivity contribution >= 4 is 43.4 Å². The van der Waals surface area contributed by atoms with Crippen molar-refractivity contribution in [3.8, 4) is 0 Å². The second-order valence-corrected chi connectivity index (χ2v) is 18.6. The first-order chi connectivity index (χ1) is 29.4. The molecular formula is C54H55N4O2+. The normalized spacial score (nSPS) is 29.6. The number of fused-ring (bicyclic) bond motifs is 10. The standard InChI is InChI=1S/C54H55N4O2/c1-3-34-31-57-38(27-37(34)28-51(57)53(59)45-21-24-55-49-19-11-9-17-43(45)49)30-47-39-13-5-7-15-41(39)48(42-16-8-6-14-40(42)47)33-58-26-23-36(35(4-2)32-58)29-52(58)54(60)46-22-25-56-50-20-12-10-18-44(46)50/h3-22,24-25,34-38,51-54,59-60H,1-2,23,26-33H2/q+1/t34?,35?,36?,37?,38?,51-,52-,53?,54?,58?/m1/s1. The van der Waals surface area contributed by atoms with Crippen LogP contribution >= 0.6 is 0 Å². The summed E-state index contributed by atoms with van der Waals surface area (Å²) in [4.78, 5) is 11.9. The van der Waals surface area contributed by atoms with E-state index in [1.54, 1.807) is 0 Å². The van der Waals surface area contributed by atoms with E-state index in [1.165, 1.54) is 32.7 Å². The van der Waals surface area contributed by atoms with E-state index in [-0.39, 0.29) is 18.1 Å². The number of hydrogen-bond donors (Lipinski definition) is 2. The highest BCUT2D eigenvalue weighted by Gasteiger charge is 2.54. The van der Waals surface area contributed by atoms with E-state index >= 15 is 0 Å². The average molecular weight is 792 g/mol. The zero-order chi connectivity index (χ0) is 40.5. The summed E-state index contributed by atoms with van der Waals surface area (Å²) in [6.45, 7) is 12.4. The molecule has 60 heavy (non-hydrogen) atoms. The summed E-state index contributed by atoms with van der Waals surface area (Å²) in [5.41, 5.74) is 6.62. The van der Waals surface area contributed by atoms with Crippen LogP contribution in [0.2, 0.25) is 0 Å². The van der Waals surface area contributed by atoms with Crippen molar-refractivity contribution in [1.29, 1.82) is 0 Å². The molecule has 8 unspecified atom stereocenters.